The summed E-state index contributed by atoms with van der Waals surface area (Å²) in [4.78, 5) is 0. The minimum atomic E-state index is -1.52. The number of hydrogen-bond acceptors (Lipinski definition) is 13. The molecule has 0 radical (unpaired) electrons. The molecule has 8 N–H and O–H groups in total. The van der Waals surface area contributed by atoms with Crippen LogP contribution in [0, 0.1) is 45.3 Å². The van der Waals surface area contributed by atoms with Crippen LogP contribution in [-0.4, -0.2) is 139 Å². The van der Waals surface area contributed by atoms with E-state index >= 15 is 0 Å². The molecule has 4 aliphatic carbocycles. The number of fused-ring (bicyclic) bond motifs is 4. The first-order valence-corrected chi connectivity index (χ1v) is 20.9. The molecule has 3 saturated heterocycles. The van der Waals surface area contributed by atoms with Gasteiger partial charge in [-0.2, -0.15) is 0 Å². The summed E-state index contributed by atoms with van der Waals surface area (Å²) in [5.74, 6) is 0.823. The molecule has 0 amide bonds. The summed E-state index contributed by atoms with van der Waals surface area (Å²) < 4.78 is 32.4. The fourth-order valence-electron chi connectivity index (χ4n) is 14.0. The van der Waals surface area contributed by atoms with E-state index in [9.17, 15) is 40.9 Å². The SMILES string of the molecule is CC(C)=C[C@H]1C[C@](C)(O[C@H]2O[C@H](CO)[C@@H](O)[C@H](O)[C@H]2O)[C@H]2CC[C@]3(C)[C@H]2[C@@H](C[C@H]2[C@]4(C)CC[C@H](O[C@H]5O[C@H](CO)[C@H](O)[C@@H](O)[C@@H]5O)C(C)(C)[C@@H]4CC[C@@]23C)O1. The highest BCUT2D eigenvalue weighted by atomic mass is 16.7. The Kier molecular flexibility index (Phi) is 11.4. The summed E-state index contributed by atoms with van der Waals surface area (Å²) in [6.07, 6.45) is -4.87. The molecule has 0 aromatic rings. The van der Waals surface area contributed by atoms with Crippen molar-refractivity contribution in [2.24, 2.45) is 45.3 Å². The van der Waals surface area contributed by atoms with Crippen molar-refractivity contribution in [2.45, 2.75) is 192 Å². The average Bonchev–Trinajstić information content (AvgIpc) is 3.45. The lowest BCUT2D eigenvalue weighted by Crippen LogP contribution is -2.67. The van der Waals surface area contributed by atoms with Crippen molar-refractivity contribution >= 4 is 0 Å². The zero-order chi connectivity index (χ0) is 40.2. The highest BCUT2D eigenvalue weighted by Crippen LogP contribution is 2.77. The molecule has 3 aliphatic heterocycles. The van der Waals surface area contributed by atoms with Crippen LogP contribution < -0.4 is 0 Å². The van der Waals surface area contributed by atoms with E-state index in [4.69, 9.17) is 23.7 Å². The van der Waals surface area contributed by atoms with Gasteiger partial charge < -0.3 is 64.5 Å². The first-order valence-electron chi connectivity index (χ1n) is 20.9. The van der Waals surface area contributed by atoms with E-state index in [1.807, 2.05) is 0 Å². The van der Waals surface area contributed by atoms with Gasteiger partial charge in [0.05, 0.1) is 37.1 Å². The lowest BCUT2D eigenvalue weighted by atomic mass is 9.35. The van der Waals surface area contributed by atoms with Crippen LogP contribution in [0.2, 0.25) is 0 Å². The molecule has 21 atom stereocenters. The average molecular weight is 783 g/mol. The van der Waals surface area contributed by atoms with Crippen molar-refractivity contribution < 1.29 is 64.5 Å². The quantitative estimate of drug-likeness (QED) is 0.138. The van der Waals surface area contributed by atoms with Crippen molar-refractivity contribution in [3.8, 4) is 0 Å². The van der Waals surface area contributed by atoms with Crippen LogP contribution in [0.3, 0.4) is 0 Å². The second-order valence-corrected chi connectivity index (χ2v) is 20.4. The van der Waals surface area contributed by atoms with Gasteiger partial charge in [0.25, 0.3) is 0 Å². The van der Waals surface area contributed by atoms with E-state index in [1.165, 1.54) is 0 Å². The molecule has 316 valence electrons. The molecule has 13 nitrogen and oxygen atoms in total. The molecule has 0 spiro atoms. The van der Waals surface area contributed by atoms with E-state index in [0.29, 0.717) is 12.3 Å². The van der Waals surface area contributed by atoms with E-state index in [0.717, 1.165) is 50.5 Å². The van der Waals surface area contributed by atoms with Crippen LogP contribution in [0.4, 0.5) is 0 Å². The molecule has 4 saturated carbocycles. The third-order valence-corrected chi connectivity index (χ3v) is 16.9. The van der Waals surface area contributed by atoms with E-state index in [2.05, 4.69) is 61.5 Å². The van der Waals surface area contributed by atoms with Gasteiger partial charge in [-0.1, -0.05) is 46.3 Å². The monoisotopic (exact) mass is 782 g/mol. The van der Waals surface area contributed by atoms with Crippen molar-refractivity contribution in [2.75, 3.05) is 13.2 Å². The van der Waals surface area contributed by atoms with Crippen LogP contribution >= 0.6 is 0 Å². The largest absolute Gasteiger partial charge is 0.394 e. The van der Waals surface area contributed by atoms with E-state index < -0.39 is 80.2 Å². The number of rotatable bonds is 7. The van der Waals surface area contributed by atoms with Crippen molar-refractivity contribution in [3.05, 3.63) is 11.6 Å². The first-order chi connectivity index (χ1) is 25.7. The normalized spacial score (nSPS) is 56.1. The second kappa shape index (κ2) is 14.7. The molecule has 13 heteroatoms. The molecular weight excluding hydrogens is 712 g/mol. The molecule has 0 aromatic heterocycles. The van der Waals surface area contributed by atoms with E-state index in [1.54, 1.807) is 0 Å². The summed E-state index contributed by atoms with van der Waals surface area (Å²) in [7, 11) is 0. The first kappa shape index (κ1) is 42.3. The Hall–Kier alpha value is -0.780. The highest BCUT2D eigenvalue weighted by molar-refractivity contribution is 5.22. The minimum absolute atomic E-state index is 0.0288. The maximum absolute atomic E-state index is 11.1. The zero-order valence-corrected chi connectivity index (χ0v) is 34.1. The number of allylic oxidation sites excluding steroid dienone is 1. The standard InChI is InChI=1S/C42H70O13/c1-20(2)15-21-17-42(8,55-37-35(50)33(48)31(46)25(19-44)53-37)22-9-13-41(7)29(22)23(51-21)16-27-39(5)12-11-28(38(3,4)26(39)10-14-40(27,41)6)54-36-34(49)32(47)30(45)24(18-43)52-36/h15,21-37,43-50H,9-14,16-19H2,1-8H3/t21-,22-,23+,24+,25+,26-,27-,28-,29+,30-,31+,32+,33-,34-,35+,36+,37+,39+,40-,41+,42-/m0/s1. The number of aliphatic hydroxyl groups is 8. The summed E-state index contributed by atoms with van der Waals surface area (Å²) in [5.41, 5.74) is -0.204. The summed E-state index contributed by atoms with van der Waals surface area (Å²) >= 11 is 0. The summed E-state index contributed by atoms with van der Waals surface area (Å²) in [5, 5.41) is 83.7. The minimum Gasteiger partial charge on any atom is -0.394 e. The van der Waals surface area contributed by atoms with E-state index in [-0.39, 0.29) is 57.7 Å². The molecule has 3 heterocycles. The Morgan fingerprint density at radius 1 is 0.673 bits per heavy atom. The van der Waals surface area contributed by atoms with Crippen molar-refractivity contribution in [1.29, 1.82) is 0 Å². The Balaban J connectivity index is 1.19. The fraction of sp³-hybridized carbons (Fsp3) is 0.952. The van der Waals surface area contributed by atoms with Gasteiger partial charge in [-0.05, 0) is 111 Å². The van der Waals surface area contributed by atoms with Gasteiger partial charge in [-0.15, -0.1) is 0 Å². The highest BCUT2D eigenvalue weighted by Gasteiger charge is 2.73. The Bertz CT molecular complexity index is 1420. The van der Waals surface area contributed by atoms with Crippen molar-refractivity contribution in [3.63, 3.8) is 0 Å². The lowest BCUT2D eigenvalue weighted by Gasteiger charge is -2.71. The molecule has 55 heavy (non-hydrogen) atoms. The smallest absolute Gasteiger partial charge is 0.187 e. The van der Waals surface area contributed by atoms with Gasteiger partial charge in [0.2, 0.25) is 0 Å². The maximum atomic E-state index is 11.1. The second-order valence-electron chi connectivity index (χ2n) is 20.4. The van der Waals surface area contributed by atoms with Gasteiger partial charge in [-0.3, -0.25) is 0 Å². The van der Waals surface area contributed by atoms with Gasteiger partial charge in [-0.25, -0.2) is 0 Å². The maximum Gasteiger partial charge on any atom is 0.187 e. The topological polar surface area (TPSA) is 208 Å². The van der Waals surface area contributed by atoms with Gasteiger partial charge in [0.15, 0.2) is 12.6 Å². The Labute approximate surface area is 326 Å². The lowest BCUT2D eigenvalue weighted by molar-refractivity contribution is -0.335. The molecule has 7 rings (SSSR count). The molecule has 0 aromatic carbocycles. The molecule has 0 bridgehead atoms. The molecule has 0 unspecified atom stereocenters. The van der Waals surface area contributed by atoms with Gasteiger partial charge >= 0.3 is 0 Å². The van der Waals surface area contributed by atoms with Crippen LogP contribution in [-0.2, 0) is 23.7 Å². The Morgan fingerprint density at radius 2 is 1.25 bits per heavy atom. The van der Waals surface area contributed by atoms with Crippen LogP contribution in [0.15, 0.2) is 11.6 Å². The van der Waals surface area contributed by atoms with Crippen LogP contribution in [0.1, 0.15) is 107 Å². The predicted molar refractivity (Wildman–Crippen MR) is 199 cm³/mol. The molecule has 7 aliphatic rings. The van der Waals surface area contributed by atoms with Gasteiger partial charge in [0, 0.05) is 6.42 Å². The summed E-state index contributed by atoms with van der Waals surface area (Å²) in [6.45, 7) is 17.1. The van der Waals surface area contributed by atoms with Gasteiger partial charge in [0.1, 0.15) is 48.8 Å². The third-order valence-electron chi connectivity index (χ3n) is 16.9. The van der Waals surface area contributed by atoms with Crippen molar-refractivity contribution in [1.82, 2.24) is 0 Å². The molecular formula is C42H70O13. The fourth-order valence-corrected chi connectivity index (χ4v) is 14.0. The zero-order valence-electron chi connectivity index (χ0n) is 34.1. The predicted octanol–water partition coefficient (Wildman–Crippen LogP) is 2.17. The number of hydrogen-bond donors (Lipinski definition) is 8. The third kappa shape index (κ3) is 6.53. The Morgan fingerprint density at radius 3 is 1.85 bits per heavy atom. The van der Waals surface area contributed by atoms with Crippen LogP contribution in [0.5, 0.6) is 0 Å². The number of aliphatic hydroxyl groups excluding tert-OH is 8. The summed E-state index contributed by atoms with van der Waals surface area (Å²) in [6, 6.07) is 0. The molecule has 7 fully saturated rings. The number of ether oxygens (including phenoxy) is 5. The van der Waals surface area contributed by atoms with Crippen LogP contribution in [0.25, 0.3) is 0 Å².